The minimum absolute atomic E-state index is 0.0205. The van der Waals surface area contributed by atoms with Crippen LogP contribution in [0.15, 0.2) is 72.8 Å². The molecule has 0 spiro atoms. The highest BCUT2D eigenvalue weighted by Gasteiger charge is 2.30. The molecule has 2 N–H and O–H groups in total. The van der Waals surface area contributed by atoms with Crippen molar-refractivity contribution in [3.05, 3.63) is 89.5 Å². The number of ether oxygens (including phenoxy) is 2. The van der Waals surface area contributed by atoms with Crippen molar-refractivity contribution >= 4 is 23.2 Å². The zero-order valence-corrected chi connectivity index (χ0v) is 17.6. The molecule has 3 aromatic carbocycles. The maximum atomic E-state index is 13.0. The standard InChI is InChI=1S/C24H21F3N2O4/c1-32-13-14-33-21-12-5-3-10-19(21)23(31)29-20-11-4-2-9-18(20)22(30)28-17-8-6-7-16(15-17)24(25,26)27/h2-12,15H,13-14H2,1H3,(H,28,30)(H,29,31). The summed E-state index contributed by atoms with van der Waals surface area (Å²) in [5.41, 5.74) is -0.374. The van der Waals surface area contributed by atoms with Crippen LogP contribution in [0.1, 0.15) is 26.3 Å². The number of hydrogen-bond donors (Lipinski definition) is 2. The maximum Gasteiger partial charge on any atom is 0.416 e. The number of hydrogen-bond acceptors (Lipinski definition) is 4. The number of benzene rings is 3. The van der Waals surface area contributed by atoms with Gasteiger partial charge >= 0.3 is 6.18 Å². The van der Waals surface area contributed by atoms with Crippen LogP contribution in [-0.4, -0.2) is 32.1 Å². The number of alkyl halides is 3. The second-order valence-corrected chi connectivity index (χ2v) is 6.87. The molecule has 9 heteroatoms. The molecule has 0 aliphatic heterocycles. The van der Waals surface area contributed by atoms with E-state index in [0.717, 1.165) is 12.1 Å². The highest BCUT2D eigenvalue weighted by Crippen LogP contribution is 2.31. The van der Waals surface area contributed by atoms with E-state index in [2.05, 4.69) is 10.6 Å². The molecule has 0 fully saturated rings. The first-order valence-corrected chi connectivity index (χ1v) is 9.89. The van der Waals surface area contributed by atoms with E-state index in [-0.39, 0.29) is 29.1 Å². The van der Waals surface area contributed by atoms with Crippen LogP contribution in [0.5, 0.6) is 5.75 Å². The largest absolute Gasteiger partial charge is 0.490 e. The van der Waals surface area contributed by atoms with Gasteiger partial charge in [0.2, 0.25) is 0 Å². The average molecular weight is 458 g/mol. The Balaban J connectivity index is 1.79. The van der Waals surface area contributed by atoms with Crippen LogP contribution in [0.3, 0.4) is 0 Å². The van der Waals surface area contributed by atoms with Crippen LogP contribution in [-0.2, 0) is 10.9 Å². The molecule has 172 valence electrons. The van der Waals surface area contributed by atoms with Crippen LogP contribution in [0, 0.1) is 0 Å². The summed E-state index contributed by atoms with van der Waals surface area (Å²) in [6.45, 7) is 0.589. The van der Waals surface area contributed by atoms with E-state index in [4.69, 9.17) is 9.47 Å². The van der Waals surface area contributed by atoms with Gasteiger partial charge in [-0.3, -0.25) is 9.59 Å². The molecule has 0 unspecified atom stereocenters. The molecule has 0 atom stereocenters. The third kappa shape index (κ3) is 6.33. The predicted molar refractivity (Wildman–Crippen MR) is 118 cm³/mol. The van der Waals surface area contributed by atoms with Gasteiger partial charge in [-0.1, -0.05) is 30.3 Å². The van der Waals surface area contributed by atoms with Crippen LogP contribution < -0.4 is 15.4 Å². The quantitative estimate of drug-likeness (QED) is 0.453. The highest BCUT2D eigenvalue weighted by molar-refractivity contribution is 6.13. The van der Waals surface area contributed by atoms with E-state index in [0.29, 0.717) is 12.4 Å². The summed E-state index contributed by atoms with van der Waals surface area (Å²) in [5.74, 6) is -0.838. The summed E-state index contributed by atoms with van der Waals surface area (Å²) in [5, 5.41) is 5.11. The molecule has 33 heavy (non-hydrogen) atoms. The van der Waals surface area contributed by atoms with E-state index >= 15 is 0 Å². The van der Waals surface area contributed by atoms with Gasteiger partial charge in [0.05, 0.1) is 29.0 Å². The van der Waals surface area contributed by atoms with Crippen molar-refractivity contribution in [2.45, 2.75) is 6.18 Å². The fraction of sp³-hybridized carbons (Fsp3) is 0.167. The normalized spacial score (nSPS) is 11.0. The number of methoxy groups -OCH3 is 1. The molecule has 0 aliphatic carbocycles. The zero-order valence-electron chi connectivity index (χ0n) is 17.6. The lowest BCUT2D eigenvalue weighted by Gasteiger charge is -2.14. The SMILES string of the molecule is COCCOc1ccccc1C(=O)Nc1ccccc1C(=O)Nc1cccc(C(F)(F)F)c1. The number of halogens is 3. The minimum Gasteiger partial charge on any atom is -0.490 e. The van der Waals surface area contributed by atoms with Crippen molar-refractivity contribution < 1.29 is 32.2 Å². The van der Waals surface area contributed by atoms with Gasteiger partial charge in [0.25, 0.3) is 11.8 Å². The Labute approximate surface area is 188 Å². The number of rotatable bonds is 8. The molecule has 0 saturated carbocycles. The van der Waals surface area contributed by atoms with Gasteiger partial charge in [0.1, 0.15) is 12.4 Å². The summed E-state index contributed by atoms with van der Waals surface area (Å²) in [7, 11) is 1.53. The second kappa shape index (κ2) is 10.6. The van der Waals surface area contributed by atoms with E-state index in [1.54, 1.807) is 36.4 Å². The van der Waals surface area contributed by atoms with Crippen molar-refractivity contribution in [1.29, 1.82) is 0 Å². The molecule has 0 saturated heterocycles. The Bertz CT molecular complexity index is 1130. The van der Waals surface area contributed by atoms with Crippen LogP contribution >= 0.6 is 0 Å². The number of nitrogens with one attached hydrogen (secondary N) is 2. The molecule has 0 aliphatic rings. The number of para-hydroxylation sites is 2. The van der Waals surface area contributed by atoms with Gasteiger partial charge in [0.15, 0.2) is 0 Å². The fourth-order valence-electron chi connectivity index (χ4n) is 2.97. The first-order chi connectivity index (χ1) is 15.8. The summed E-state index contributed by atoms with van der Waals surface area (Å²) in [4.78, 5) is 25.6. The number of amides is 2. The molecule has 2 amide bonds. The van der Waals surface area contributed by atoms with Crippen molar-refractivity contribution in [2.75, 3.05) is 31.0 Å². The van der Waals surface area contributed by atoms with Crippen LogP contribution in [0.2, 0.25) is 0 Å². The summed E-state index contributed by atoms with van der Waals surface area (Å²) < 4.78 is 49.4. The van der Waals surface area contributed by atoms with Gasteiger partial charge < -0.3 is 20.1 Å². The van der Waals surface area contributed by atoms with Gasteiger partial charge in [-0.25, -0.2) is 0 Å². The third-order valence-electron chi connectivity index (χ3n) is 4.54. The third-order valence-corrected chi connectivity index (χ3v) is 4.54. The molecule has 3 aromatic rings. The lowest BCUT2D eigenvalue weighted by molar-refractivity contribution is -0.137. The first kappa shape index (κ1) is 23.8. The van der Waals surface area contributed by atoms with Crippen molar-refractivity contribution in [1.82, 2.24) is 0 Å². The van der Waals surface area contributed by atoms with Crippen LogP contribution in [0.4, 0.5) is 24.5 Å². The molecule has 0 aromatic heterocycles. The summed E-state index contributed by atoms with van der Waals surface area (Å²) in [6, 6.07) is 17.1. The first-order valence-electron chi connectivity index (χ1n) is 9.89. The van der Waals surface area contributed by atoms with E-state index in [1.807, 2.05) is 0 Å². The fourth-order valence-corrected chi connectivity index (χ4v) is 2.97. The van der Waals surface area contributed by atoms with E-state index < -0.39 is 23.6 Å². The Morgan fingerprint density at radius 2 is 1.48 bits per heavy atom. The van der Waals surface area contributed by atoms with Gasteiger partial charge in [0, 0.05) is 12.8 Å². The zero-order chi connectivity index (χ0) is 23.8. The van der Waals surface area contributed by atoms with Gasteiger partial charge in [-0.2, -0.15) is 13.2 Å². The molecule has 3 rings (SSSR count). The Morgan fingerprint density at radius 3 is 2.21 bits per heavy atom. The summed E-state index contributed by atoms with van der Waals surface area (Å²) >= 11 is 0. The van der Waals surface area contributed by atoms with E-state index in [1.165, 1.54) is 31.4 Å². The Morgan fingerprint density at radius 1 is 0.818 bits per heavy atom. The number of carbonyl (C=O) groups is 2. The Hall–Kier alpha value is -3.85. The van der Waals surface area contributed by atoms with Gasteiger partial charge in [-0.05, 0) is 42.5 Å². The van der Waals surface area contributed by atoms with Gasteiger partial charge in [-0.15, -0.1) is 0 Å². The maximum absolute atomic E-state index is 13.0. The smallest absolute Gasteiger partial charge is 0.416 e. The lowest BCUT2D eigenvalue weighted by Crippen LogP contribution is -2.19. The lowest BCUT2D eigenvalue weighted by atomic mass is 10.1. The van der Waals surface area contributed by atoms with Crippen molar-refractivity contribution in [3.63, 3.8) is 0 Å². The number of anilines is 2. The highest BCUT2D eigenvalue weighted by atomic mass is 19.4. The number of carbonyl (C=O) groups excluding carboxylic acids is 2. The van der Waals surface area contributed by atoms with Crippen molar-refractivity contribution in [3.8, 4) is 5.75 Å². The summed E-state index contributed by atoms with van der Waals surface area (Å²) in [6.07, 6.45) is -4.54. The monoisotopic (exact) mass is 458 g/mol. The average Bonchev–Trinajstić information content (AvgIpc) is 2.79. The topological polar surface area (TPSA) is 76.7 Å². The molecule has 0 radical (unpaired) electrons. The minimum atomic E-state index is -4.54. The second-order valence-electron chi connectivity index (χ2n) is 6.87. The van der Waals surface area contributed by atoms with E-state index in [9.17, 15) is 22.8 Å². The predicted octanol–water partition coefficient (Wildman–Crippen LogP) is 5.24. The Kier molecular flexibility index (Phi) is 7.68. The molecule has 0 heterocycles. The molecular weight excluding hydrogens is 437 g/mol. The molecular formula is C24H21F3N2O4. The van der Waals surface area contributed by atoms with Crippen molar-refractivity contribution in [2.24, 2.45) is 0 Å². The molecule has 0 bridgehead atoms. The van der Waals surface area contributed by atoms with Crippen LogP contribution in [0.25, 0.3) is 0 Å². The molecule has 6 nitrogen and oxygen atoms in total.